The van der Waals surface area contributed by atoms with Gasteiger partial charge < -0.3 is 21.1 Å². The van der Waals surface area contributed by atoms with Crippen LogP contribution in [0.1, 0.15) is 10.4 Å². The van der Waals surface area contributed by atoms with Crippen molar-refractivity contribution in [2.45, 2.75) is 6.10 Å². The second-order valence-electron chi connectivity index (χ2n) is 4.07. The summed E-state index contributed by atoms with van der Waals surface area (Å²) in [5.74, 6) is -0.499. The molecule has 1 saturated heterocycles. The average molecular weight is 246 g/mol. The molecule has 1 atom stereocenters. The van der Waals surface area contributed by atoms with Gasteiger partial charge in [-0.1, -0.05) is 0 Å². The first-order valence-electron chi connectivity index (χ1n) is 5.57. The molecule has 0 bridgehead atoms. The van der Waals surface area contributed by atoms with E-state index in [0.717, 1.165) is 5.69 Å². The van der Waals surface area contributed by atoms with Crippen LogP contribution in [0.15, 0.2) is 18.2 Å². The lowest BCUT2D eigenvalue weighted by atomic mass is 10.1. The van der Waals surface area contributed by atoms with Gasteiger partial charge in [0.1, 0.15) is 0 Å². The van der Waals surface area contributed by atoms with Crippen molar-refractivity contribution in [2.75, 3.05) is 30.3 Å². The van der Waals surface area contributed by atoms with Gasteiger partial charge in [0.15, 0.2) is 6.10 Å². The number of nitrogen functional groups attached to an aromatic ring is 1. The normalized spacial score (nSPS) is 19.3. The molecular weight excluding hydrogens is 232 g/mol. The largest absolute Gasteiger partial charge is 0.397 e. The highest BCUT2D eigenvalue weighted by Crippen LogP contribution is 2.26. The number of amides is 1. The van der Waals surface area contributed by atoms with Gasteiger partial charge in [-0.2, -0.15) is 5.26 Å². The van der Waals surface area contributed by atoms with E-state index in [1.54, 1.807) is 18.2 Å². The number of nitriles is 1. The fourth-order valence-electron chi connectivity index (χ4n) is 1.92. The van der Waals surface area contributed by atoms with Crippen LogP contribution in [0, 0.1) is 11.3 Å². The molecule has 1 aromatic rings. The predicted octanol–water partition coefficient (Wildman–Crippen LogP) is 0.0965. The van der Waals surface area contributed by atoms with Crippen LogP contribution < -0.4 is 16.4 Å². The fraction of sp³-hybridized carbons (Fsp3) is 0.333. The van der Waals surface area contributed by atoms with Crippen LogP contribution in [0.2, 0.25) is 0 Å². The molecule has 1 heterocycles. The number of anilines is 2. The summed E-state index contributed by atoms with van der Waals surface area (Å²) in [5.41, 5.74) is 12.8. The highest BCUT2D eigenvalue weighted by atomic mass is 16.5. The third-order valence-corrected chi connectivity index (χ3v) is 2.87. The first-order chi connectivity index (χ1) is 8.61. The van der Waals surface area contributed by atoms with Crippen molar-refractivity contribution in [3.05, 3.63) is 23.8 Å². The van der Waals surface area contributed by atoms with E-state index in [2.05, 4.69) is 6.07 Å². The monoisotopic (exact) mass is 246 g/mol. The lowest BCUT2D eigenvalue weighted by molar-refractivity contribution is 0.0765. The van der Waals surface area contributed by atoms with Crippen LogP contribution in [0.25, 0.3) is 0 Å². The number of primary amides is 1. The SMILES string of the molecule is N#CC1CN(c2cc(C(N)=O)ccc2N)CCO1. The maximum atomic E-state index is 11.2. The van der Waals surface area contributed by atoms with Crippen molar-refractivity contribution < 1.29 is 9.53 Å². The Bertz CT molecular complexity index is 509. The van der Waals surface area contributed by atoms with Crippen molar-refractivity contribution in [2.24, 2.45) is 5.73 Å². The standard InChI is InChI=1S/C12H14N4O2/c13-6-9-7-16(3-4-18-9)11-5-8(12(15)17)1-2-10(11)14/h1-2,5,9H,3-4,7,14H2,(H2,15,17). The Balaban J connectivity index is 2.29. The third kappa shape index (κ3) is 2.36. The number of hydrogen-bond donors (Lipinski definition) is 2. The smallest absolute Gasteiger partial charge is 0.248 e. The molecule has 18 heavy (non-hydrogen) atoms. The lowest BCUT2D eigenvalue weighted by Gasteiger charge is -2.32. The van der Waals surface area contributed by atoms with Gasteiger partial charge in [0, 0.05) is 12.1 Å². The lowest BCUT2D eigenvalue weighted by Crippen LogP contribution is -2.42. The van der Waals surface area contributed by atoms with E-state index in [-0.39, 0.29) is 0 Å². The van der Waals surface area contributed by atoms with Crippen LogP contribution in [0.5, 0.6) is 0 Å². The maximum absolute atomic E-state index is 11.2. The van der Waals surface area contributed by atoms with E-state index in [0.29, 0.717) is 30.9 Å². The predicted molar refractivity (Wildman–Crippen MR) is 66.9 cm³/mol. The number of ether oxygens (including phenoxy) is 1. The van der Waals surface area contributed by atoms with E-state index in [1.165, 1.54) is 0 Å². The molecule has 1 unspecified atom stereocenters. The third-order valence-electron chi connectivity index (χ3n) is 2.87. The molecule has 6 nitrogen and oxygen atoms in total. The van der Waals surface area contributed by atoms with Gasteiger partial charge in [-0.05, 0) is 18.2 Å². The Labute approximate surface area is 105 Å². The number of rotatable bonds is 2. The Hall–Kier alpha value is -2.26. The van der Waals surface area contributed by atoms with Crippen molar-refractivity contribution in [1.29, 1.82) is 5.26 Å². The van der Waals surface area contributed by atoms with Gasteiger partial charge >= 0.3 is 0 Å². The highest BCUT2D eigenvalue weighted by Gasteiger charge is 2.22. The molecule has 0 saturated carbocycles. The molecular formula is C12H14N4O2. The average Bonchev–Trinajstić information content (AvgIpc) is 2.39. The number of hydrogen-bond acceptors (Lipinski definition) is 5. The van der Waals surface area contributed by atoms with Gasteiger partial charge in [-0.15, -0.1) is 0 Å². The van der Waals surface area contributed by atoms with Crippen molar-refractivity contribution in [3.63, 3.8) is 0 Å². The summed E-state index contributed by atoms with van der Waals surface area (Å²) in [6.45, 7) is 1.52. The molecule has 1 aromatic carbocycles. The molecule has 0 aromatic heterocycles. The number of carbonyl (C=O) groups excluding carboxylic acids is 1. The first kappa shape index (κ1) is 12.2. The van der Waals surface area contributed by atoms with Gasteiger partial charge in [0.25, 0.3) is 0 Å². The van der Waals surface area contributed by atoms with Crippen LogP contribution in [-0.4, -0.2) is 31.7 Å². The molecule has 1 amide bonds. The molecule has 1 aliphatic heterocycles. The van der Waals surface area contributed by atoms with Crippen LogP contribution in [0.3, 0.4) is 0 Å². The zero-order valence-electron chi connectivity index (χ0n) is 9.80. The summed E-state index contributed by atoms with van der Waals surface area (Å²) in [6.07, 6.45) is -0.476. The first-order valence-corrected chi connectivity index (χ1v) is 5.57. The van der Waals surface area contributed by atoms with Crippen molar-refractivity contribution in [3.8, 4) is 6.07 Å². The molecule has 4 N–H and O–H groups in total. The number of carbonyl (C=O) groups is 1. The number of nitrogens with zero attached hydrogens (tertiary/aromatic N) is 2. The second kappa shape index (κ2) is 4.94. The summed E-state index contributed by atoms with van der Waals surface area (Å²) in [5, 5.41) is 8.86. The molecule has 2 rings (SSSR count). The summed E-state index contributed by atoms with van der Waals surface area (Å²) >= 11 is 0. The summed E-state index contributed by atoms with van der Waals surface area (Å²) in [4.78, 5) is 13.1. The summed E-state index contributed by atoms with van der Waals surface area (Å²) in [6, 6.07) is 6.95. The van der Waals surface area contributed by atoms with E-state index < -0.39 is 12.0 Å². The van der Waals surface area contributed by atoms with Crippen LogP contribution in [-0.2, 0) is 4.74 Å². The number of nitrogens with two attached hydrogens (primary N) is 2. The van der Waals surface area contributed by atoms with E-state index in [4.69, 9.17) is 21.5 Å². The van der Waals surface area contributed by atoms with Gasteiger partial charge in [0.05, 0.1) is 30.6 Å². The number of morpholine rings is 1. The van der Waals surface area contributed by atoms with Crippen LogP contribution in [0.4, 0.5) is 11.4 Å². The Morgan fingerprint density at radius 2 is 2.33 bits per heavy atom. The highest BCUT2D eigenvalue weighted by molar-refractivity contribution is 5.95. The quantitative estimate of drug-likeness (QED) is 0.720. The minimum Gasteiger partial charge on any atom is -0.397 e. The minimum absolute atomic E-state index is 0.402. The van der Waals surface area contributed by atoms with E-state index >= 15 is 0 Å². The Morgan fingerprint density at radius 1 is 1.56 bits per heavy atom. The van der Waals surface area contributed by atoms with E-state index in [1.807, 2.05) is 4.90 Å². The molecule has 94 valence electrons. The minimum atomic E-state index is -0.499. The van der Waals surface area contributed by atoms with Crippen molar-refractivity contribution in [1.82, 2.24) is 0 Å². The second-order valence-corrected chi connectivity index (χ2v) is 4.07. The maximum Gasteiger partial charge on any atom is 0.248 e. The number of benzene rings is 1. The molecule has 1 fully saturated rings. The van der Waals surface area contributed by atoms with E-state index in [9.17, 15) is 4.79 Å². The Kier molecular flexibility index (Phi) is 3.35. The fourth-order valence-corrected chi connectivity index (χ4v) is 1.92. The molecule has 0 aliphatic carbocycles. The van der Waals surface area contributed by atoms with Crippen molar-refractivity contribution >= 4 is 17.3 Å². The Morgan fingerprint density at radius 3 is 3.00 bits per heavy atom. The zero-order valence-corrected chi connectivity index (χ0v) is 9.80. The zero-order chi connectivity index (χ0) is 13.1. The summed E-state index contributed by atoms with van der Waals surface area (Å²) in [7, 11) is 0. The van der Waals surface area contributed by atoms with Crippen LogP contribution >= 0.6 is 0 Å². The van der Waals surface area contributed by atoms with Gasteiger partial charge in [-0.25, -0.2) is 0 Å². The topological polar surface area (TPSA) is 105 Å². The summed E-state index contributed by atoms with van der Waals surface area (Å²) < 4.78 is 5.26. The van der Waals surface area contributed by atoms with Gasteiger partial charge in [-0.3, -0.25) is 4.79 Å². The van der Waals surface area contributed by atoms with Gasteiger partial charge in [0.2, 0.25) is 5.91 Å². The molecule has 6 heteroatoms. The molecule has 0 spiro atoms. The molecule has 0 radical (unpaired) electrons. The molecule has 1 aliphatic rings.